The zero-order valence-corrected chi connectivity index (χ0v) is 19.8. The average Bonchev–Trinajstić information content (AvgIpc) is 3.20. The van der Waals surface area contributed by atoms with Crippen LogP contribution in [0.25, 0.3) is 10.9 Å². The van der Waals surface area contributed by atoms with E-state index in [0.29, 0.717) is 0 Å². The van der Waals surface area contributed by atoms with E-state index in [1.165, 1.54) is 33.3 Å². The summed E-state index contributed by atoms with van der Waals surface area (Å²) in [6.45, 7) is 13.9. The van der Waals surface area contributed by atoms with E-state index in [1.54, 1.807) is 0 Å². The van der Waals surface area contributed by atoms with Crippen molar-refractivity contribution in [1.82, 2.24) is 9.88 Å². The number of benzene rings is 2. The third-order valence-corrected chi connectivity index (χ3v) is 6.37. The summed E-state index contributed by atoms with van der Waals surface area (Å²) in [5.74, 6) is 0. The molecule has 33 heavy (non-hydrogen) atoms. The Morgan fingerprint density at radius 2 is 1.82 bits per heavy atom. The zero-order valence-electron chi connectivity index (χ0n) is 19.8. The van der Waals surface area contributed by atoms with Gasteiger partial charge in [-0.15, -0.1) is 0 Å². The van der Waals surface area contributed by atoms with E-state index in [-0.39, 0.29) is 6.04 Å². The number of fused-ring (bicyclic) bond motifs is 3. The van der Waals surface area contributed by atoms with Crippen LogP contribution in [0.2, 0.25) is 0 Å². The molecule has 0 spiro atoms. The number of allylic oxidation sites excluding steroid dienone is 4. The minimum atomic E-state index is -0.0225. The number of aryl methyl sites for hydroxylation is 1. The Morgan fingerprint density at radius 3 is 2.58 bits per heavy atom. The van der Waals surface area contributed by atoms with Crippen molar-refractivity contribution >= 4 is 23.9 Å². The monoisotopic (exact) mass is 431 g/mol. The van der Waals surface area contributed by atoms with E-state index < -0.39 is 0 Å². The van der Waals surface area contributed by atoms with Crippen molar-refractivity contribution in [1.29, 1.82) is 0 Å². The second-order valence-electron chi connectivity index (χ2n) is 9.04. The molecule has 1 aromatic heterocycles. The summed E-state index contributed by atoms with van der Waals surface area (Å²) in [6, 6.07) is 19.0. The van der Waals surface area contributed by atoms with Crippen LogP contribution in [0.1, 0.15) is 43.1 Å². The molecule has 4 rings (SSSR count). The van der Waals surface area contributed by atoms with Gasteiger partial charge >= 0.3 is 199 Å². The zero-order chi connectivity index (χ0) is 23.4. The number of aromatic amines is 1. The standard InChI is InChI=1S/C30H32BN2/c1-21(2)11-10-12-22(3)30-29-26(25-15-8-9-16-28(25)32-29)19-20-33(30)23(4)27(31)18-17-24-13-6-5-7-14-24/h5-16,30,32H,3-4,17-20H2,1-2H3/b12-10-/t30-/m0/s1. The summed E-state index contributed by atoms with van der Waals surface area (Å²) in [5.41, 5.74) is 9.05. The number of rotatable bonds is 8. The summed E-state index contributed by atoms with van der Waals surface area (Å²) in [7, 11) is 6.60. The van der Waals surface area contributed by atoms with Gasteiger partial charge in [-0.25, -0.2) is 0 Å². The van der Waals surface area contributed by atoms with Crippen molar-refractivity contribution in [2.24, 2.45) is 0 Å². The number of aromatic nitrogens is 1. The van der Waals surface area contributed by atoms with Gasteiger partial charge in [-0.3, -0.25) is 0 Å². The molecular formula is C30H32BN2. The molecule has 1 N–H and O–H groups in total. The van der Waals surface area contributed by atoms with Gasteiger partial charge in [-0.05, 0) is 0 Å². The van der Waals surface area contributed by atoms with E-state index in [1.807, 2.05) is 6.07 Å². The Balaban J connectivity index is 1.63. The molecule has 0 saturated heterocycles. The van der Waals surface area contributed by atoms with E-state index >= 15 is 0 Å². The van der Waals surface area contributed by atoms with Gasteiger partial charge in [0.2, 0.25) is 0 Å². The summed E-state index contributed by atoms with van der Waals surface area (Å²) < 4.78 is 0. The third-order valence-electron chi connectivity index (χ3n) is 6.37. The van der Waals surface area contributed by atoms with Gasteiger partial charge in [0, 0.05) is 0 Å². The predicted octanol–water partition coefficient (Wildman–Crippen LogP) is 6.63. The molecule has 0 saturated carbocycles. The normalized spacial score (nSPS) is 15.4. The van der Waals surface area contributed by atoms with Crippen molar-refractivity contribution in [2.45, 2.75) is 39.2 Å². The topological polar surface area (TPSA) is 19.0 Å². The Morgan fingerprint density at radius 1 is 1.09 bits per heavy atom. The number of para-hydroxylation sites is 1. The molecule has 1 atom stereocenters. The molecule has 3 aromatic rings. The third kappa shape index (κ3) is 5.03. The Kier molecular flexibility index (Phi) is 6.98. The molecule has 0 aliphatic carbocycles. The first kappa shape index (κ1) is 22.9. The van der Waals surface area contributed by atoms with Crippen LogP contribution in [-0.4, -0.2) is 29.4 Å². The number of hydrogen-bond acceptors (Lipinski definition) is 1. The van der Waals surface area contributed by atoms with Crippen molar-refractivity contribution in [3.63, 3.8) is 0 Å². The molecule has 165 valence electrons. The number of hydrogen-bond donors (Lipinski definition) is 1. The summed E-state index contributed by atoms with van der Waals surface area (Å²) in [4.78, 5) is 6.01. The van der Waals surface area contributed by atoms with Crippen LogP contribution in [0.4, 0.5) is 0 Å². The minimum absolute atomic E-state index is 0.0225. The fourth-order valence-electron chi connectivity index (χ4n) is 4.62. The Labute approximate surface area is 199 Å². The van der Waals surface area contributed by atoms with Crippen molar-refractivity contribution in [3.8, 4) is 0 Å². The average molecular weight is 431 g/mol. The maximum atomic E-state index is 6.60. The summed E-state index contributed by atoms with van der Waals surface area (Å²) in [5, 5.41) is 1.30. The van der Waals surface area contributed by atoms with Crippen LogP contribution in [0.3, 0.4) is 0 Å². The molecule has 2 nitrogen and oxygen atoms in total. The fraction of sp³-hybridized carbons (Fsp3) is 0.233. The molecule has 1 aliphatic rings. The summed E-state index contributed by atoms with van der Waals surface area (Å²) >= 11 is 0. The van der Waals surface area contributed by atoms with Crippen molar-refractivity contribution < 1.29 is 0 Å². The molecule has 0 fully saturated rings. The molecule has 3 heteroatoms. The maximum absolute atomic E-state index is 6.60. The molecular weight excluding hydrogens is 399 g/mol. The first-order chi connectivity index (χ1) is 16.0. The first-order valence-electron chi connectivity index (χ1n) is 11.7. The quantitative estimate of drug-likeness (QED) is 0.313. The summed E-state index contributed by atoms with van der Waals surface area (Å²) in [6.07, 6.45) is 8.94. The van der Waals surface area contributed by atoms with E-state index in [2.05, 4.69) is 104 Å². The first-order valence-corrected chi connectivity index (χ1v) is 11.7. The molecule has 0 bridgehead atoms. The van der Waals surface area contributed by atoms with Gasteiger partial charge in [-0.2, -0.15) is 0 Å². The van der Waals surface area contributed by atoms with Crippen LogP contribution in [0.15, 0.2) is 103 Å². The van der Waals surface area contributed by atoms with E-state index in [0.717, 1.165) is 42.5 Å². The van der Waals surface area contributed by atoms with E-state index in [4.69, 9.17) is 7.49 Å². The molecule has 1 aliphatic heterocycles. The van der Waals surface area contributed by atoms with Crippen LogP contribution in [0.5, 0.6) is 0 Å². The molecule has 0 unspecified atom stereocenters. The van der Waals surface area contributed by atoms with Gasteiger partial charge in [-0.1, -0.05) is 0 Å². The molecule has 2 aromatic carbocycles. The second-order valence-corrected chi connectivity index (χ2v) is 9.04. The Hall–Kier alpha value is -3.33. The molecule has 2 heterocycles. The van der Waals surface area contributed by atoms with Gasteiger partial charge in [0.05, 0.1) is 0 Å². The van der Waals surface area contributed by atoms with Crippen molar-refractivity contribution in [2.75, 3.05) is 6.54 Å². The van der Waals surface area contributed by atoms with E-state index in [9.17, 15) is 0 Å². The predicted molar refractivity (Wildman–Crippen MR) is 144 cm³/mol. The molecule has 1 radical (unpaired) electrons. The van der Waals surface area contributed by atoms with Crippen LogP contribution >= 0.6 is 0 Å². The SMILES string of the molecule is [B]=C(CCc1ccccc1)C(=C)N1CCc2c([nH]c3ccccc23)[C@@H]1C(=C)/C=C\C=C(C)C. The number of nitrogens with one attached hydrogen (secondary N) is 1. The van der Waals surface area contributed by atoms with Crippen LogP contribution in [0, 0.1) is 0 Å². The van der Waals surface area contributed by atoms with Gasteiger partial charge in [0.15, 0.2) is 0 Å². The van der Waals surface area contributed by atoms with Crippen LogP contribution in [-0.2, 0) is 12.8 Å². The second kappa shape index (κ2) is 10.1. The Bertz CT molecular complexity index is 1240. The fourth-order valence-corrected chi connectivity index (χ4v) is 4.62. The van der Waals surface area contributed by atoms with Gasteiger partial charge in [0.1, 0.15) is 0 Å². The number of nitrogens with zero attached hydrogens (tertiary/aromatic N) is 1. The van der Waals surface area contributed by atoms with Gasteiger partial charge < -0.3 is 0 Å². The van der Waals surface area contributed by atoms with Gasteiger partial charge in [0.25, 0.3) is 0 Å². The molecule has 0 amide bonds. The van der Waals surface area contributed by atoms with Crippen LogP contribution < -0.4 is 0 Å². The number of H-pyrrole nitrogens is 1. The van der Waals surface area contributed by atoms with Crippen molar-refractivity contribution in [3.05, 3.63) is 120 Å².